The van der Waals surface area contributed by atoms with Crippen molar-refractivity contribution in [1.29, 1.82) is 0 Å². The van der Waals surface area contributed by atoms with Gasteiger partial charge >= 0.3 is 7.82 Å². The predicted molar refractivity (Wildman–Crippen MR) is 71.3 cm³/mol. The summed E-state index contributed by atoms with van der Waals surface area (Å²) in [5.74, 6) is 0. The van der Waals surface area contributed by atoms with Gasteiger partial charge in [0, 0.05) is 0 Å². The molecule has 0 heterocycles. The highest BCUT2D eigenvalue weighted by atomic mass is 31.2. The zero-order valence-corrected chi connectivity index (χ0v) is 12.1. The highest BCUT2D eigenvalue weighted by Gasteiger charge is 2.35. The molecule has 2 N–H and O–H groups in total. The van der Waals surface area contributed by atoms with Gasteiger partial charge in [-0.05, 0) is 31.2 Å². The van der Waals surface area contributed by atoms with Crippen molar-refractivity contribution in [2.24, 2.45) is 0 Å². The zero-order chi connectivity index (χ0) is 14.0. The number of phosphoric acid groups is 1. The van der Waals surface area contributed by atoms with E-state index in [0.717, 1.165) is 5.56 Å². The largest absolute Gasteiger partial charge is 0.470 e. The normalized spacial score (nSPS) is 13.7. The molecule has 4 nitrogen and oxygen atoms in total. The average Bonchev–Trinajstić information content (AvgIpc) is 2.13. The Morgan fingerprint density at radius 2 is 1.61 bits per heavy atom. The molecule has 0 aromatic heterocycles. The number of phosphoric ester groups is 1. The van der Waals surface area contributed by atoms with Crippen LogP contribution >= 0.6 is 7.82 Å². The van der Waals surface area contributed by atoms with E-state index in [4.69, 9.17) is 14.3 Å². The SMILES string of the molecule is CC(C)(CC(C)(C)c1ccccc1)OP(=O)(O)O. The van der Waals surface area contributed by atoms with E-state index in [2.05, 4.69) is 0 Å². The van der Waals surface area contributed by atoms with Gasteiger partial charge in [-0.25, -0.2) is 4.57 Å². The fourth-order valence-electron chi connectivity index (χ4n) is 2.41. The van der Waals surface area contributed by atoms with Gasteiger partial charge in [-0.1, -0.05) is 44.2 Å². The third-order valence-corrected chi connectivity index (χ3v) is 3.52. The third-order valence-electron chi connectivity index (χ3n) is 2.79. The van der Waals surface area contributed by atoms with Gasteiger partial charge in [-0.2, -0.15) is 0 Å². The Morgan fingerprint density at radius 3 is 2.06 bits per heavy atom. The molecule has 0 spiro atoms. The van der Waals surface area contributed by atoms with Gasteiger partial charge in [0.2, 0.25) is 0 Å². The molecule has 0 aliphatic carbocycles. The Balaban J connectivity index is 2.86. The molecule has 18 heavy (non-hydrogen) atoms. The molecule has 1 rings (SSSR count). The summed E-state index contributed by atoms with van der Waals surface area (Å²) in [6, 6.07) is 9.86. The van der Waals surface area contributed by atoms with E-state index in [0.29, 0.717) is 6.42 Å². The van der Waals surface area contributed by atoms with Crippen molar-refractivity contribution in [3.05, 3.63) is 35.9 Å². The summed E-state index contributed by atoms with van der Waals surface area (Å²) in [6.45, 7) is 7.45. The molecular weight excluding hydrogens is 251 g/mol. The maximum Gasteiger partial charge on any atom is 0.470 e. The molecule has 0 fully saturated rings. The fourth-order valence-corrected chi connectivity index (χ4v) is 3.12. The van der Waals surface area contributed by atoms with Crippen molar-refractivity contribution in [3.63, 3.8) is 0 Å². The minimum absolute atomic E-state index is 0.222. The maximum atomic E-state index is 10.9. The molecule has 0 saturated carbocycles. The van der Waals surface area contributed by atoms with Crippen LogP contribution in [0.25, 0.3) is 0 Å². The van der Waals surface area contributed by atoms with Gasteiger partial charge in [-0.3, -0.25) is 4.52 Å². The van der Waals surface area contributed by atoms with Crippen molar-refractivity contribution in [1.82, 2.24) is 0 Å². The van der Waals surface area contributed by atoms with E-state index in [1.165, 1.54) is 0 Å². The van der Waals surface area contributed by atoms with Crippen LogP contribution in [0.3, 0.4) is 0 Å². The van der Waals surface area contributed by atoms with Crippen molar-refractivity contribution in [2.45, 2.75) is 45.1 Å². The molecule has 0 atom stereocenters. The van der Waals surface area contributed by atoms with E-state index >= 15 is 0 Å². The fraction of sp³-hybridized carbons (Fsp3) is 0.538. The van der Waals surface area contributed by atoms with E-state index < -0.39 is 13.4 Å². The van der Waals surface area contributed by atoms with Crippen molar-refractivity contribution < 1.29 is 18.9 Å². The molecule has 0 radical (unpaired) electrons. The van der Waals surface area contributed by atoms with Crippen molar-refractivity contribution >= 4 is 7.82 Å². The summed E-state index contributed by atoms with van der Waals surface area (Å²) in [5.41, 5.74) is 0.00515. The van der Waals surface area contributed by atoms with Crippen LogP contribution in [0.15, 0.2) is 30.3 Å². The highest BCUT2D eigenvalue weighted by Crippen LogP contribution is 2.45. The Bertz CT molecular complexity index is 434. The lowest BCUT2D eigenvalue weighted by molar-refractivity contribution is 0.0418. The molecular formula is C13H21O4P. The molecule has 5 heteroatoms. The van der Waals surface area contributed by atoms with E-state index in [1.54, 1.807) is 13.8 Å². The average molecular weight is 272 g/mol. The van der Waals surface area contributed by atoms with Crippen LogP contribution in [-0.2, 0) is 14.5 Å². The molecule has 102 valence electrons. The van der Waals surface area contributed by atoms with Crippen molar-refractivity contribution in [2.75, 3.05) is 0 Å². The summed E-state index contributed by atoms with van der Waals surface area (Å²) in [7, 11) is -4.46. The highest BCUT2D eigenvalue weighted by molar-refractivity contribution is 7.46. The Kier molecular flexibility index (Phi) is 4.39. The summed E-state index contributed by atoms with van der Waals surface area (Å²) >= 11 is 0. The standard InChI is InChI=1S/C13H21O4P/c1-12(2,11-8-6-5-7-9-11)10-13(3,4)17-18(14,15)16/h5-9H,10H2,1-4H3,(H2,14,15,16). The first-order chi connectivity index (χ1) is 8.02. The smallest absolute Gasteiger partial charge is 0.303 e. The van der Waals surface area contributed by atoms with Crippen LogP contribution in [0.2, 0.25) is 0 Å². The second kappa shape index (κ2) is 5.14. The van der Waals surface area contributed by atoms with E-state index in [1.807, 2.05) is 44.2 Å². The first kappa shape index (κ1) is 15.4. The van der Waals surface area contributed by atoms with Gasteiger partial charge in [-0.15, -0.1) is 0 Å². The first-order valence-electron chi connectivity index (χ1n) is 5.84. The number of rotatable bonds is 5. The van der Waals surface area contributed by atoms with E-state index in [-0.39, 0.29) is 5.41 Å². The van der Waals surface area contributed by atoms with Crippen LogP contribution in [0.4, 0.5) is 0 Å². The summed E-state index contributed by atoms with van der Waals surface area (Å²) in [4.78, 5) is 17.8. The molecule has 0 aliphatic rings. The van der Waals surface area contributed by atoms with Gasteiger partial charge in [0.1, 0.15) is 0 Å². The second-order valence-corrected chi connectivity index (χ2v) is 6.93. The quantitative estimate of drug-likeness (QED) is 0.807. The van der Waals surface area contributed by atoms with Crippen LogP contribution in [0, 0.1) is 0 Å². The summed E-state index contributed by atoms with van der Waals surface area (Å²) in [5, 5.41) is 0. The summed E-state index contributed by atoms with van der Waals surface area (Å²) < 4.78 is 15.8. The van der Waals surface area contributed by atoms with Gasteiger partial charge in [0.05, 0.1) is 5.60 Å². The van der Waals surface area contributed by atoms with E-state index in [9.17, 15) is 4.57 Å². The minimum Gasteiger partial charge on any atom is -0.303 e. The second-order valence-electron chi connectivity index (χ2n) is 5.77. The molecule has 1 aromatic carbocycles. The molecule has 1 aromatic rings. The Morgan fingerprint density at radius 1 is 1.11 bits per heavy atom. The number of hydrogen-bond acceptors (Lipinski definition) is 2. The summed E-state index contributed by atoms with van der Waals surface area (Å²) in [6.07, 6.45) is 0.509. The Hall–Kier alpha value is -0.670. The topological polar surface area (TPSA) is 66.8 Å². The Labute approximate surface area is 108 Å². The van der Waals surface area contributed by atoms with Crippen LogP contribution in [0.5, 0.6) is 0 Å². The lowest BCUT2D eigenvalue weighted by Crippen LogP contribution is -2.33. The van der Waals surface area contributed by atoms with Crippen LogP contribution < -0.4 is 0 Å². The minimum atomic E-state index is -4.46. The molecule has 0 aliphatic heterocycles. The maximum absolute atomic E-state index is 10.9. The number of benzene rings is 1. The van der Waals surface area contributed by atoms with Crippen LogP contribution in [0.1, 0.15) is 39.7 Å². The van der Waals surface area contributed by atoms with Gasteiger partial charge < -0.3 is 9.79 Å². The monoisotopic (exact) mass is 272 g/mol. The zero-order valence-electron chi connectivity index (χ0n) is 11.3. The first-order valence-corrected chi connectivity index (χ1v) is 7.37. The van der Waals surface area contributed by atoms with Crippen molar-refractivity contribution in [3.8, 4) is 0 Å². The molecule has 0 saturated heterocycles. The van der Waals surface area contributed by atoms with Crippen LogP contribution in [-0.4, -0.2) is 15.4 Å². The third kappa shape index (κ3) is 4.91. The van der Waals surface area contributed by atoms with Gasteiger partial charge in [0.25, 0.3) is 0 Å². The predicted octanol–water partition coefficient (Wildman–Crippen LogP) is 3.24. The lowest BCUT2D eigenvalue weighted by Gasteiger charge is -2.35. The molecule has 0 unspecified atom stereocenters. The lowest BCUT2D eigenvalue weighted by atomic mass is 9.76. The molecule has 0 bridgehead atoms. The molecule has 0 amide bonds. The number of hydrogen-bond donors (Lipinski definition) is 2. The van der Waals surface area contributed by atoms with Gasteiger partial charge in [0.15, 0.2) is 0 Å².